The summed E-state index contributed by atoms with van der Waals surface area (Å²) < 4.78 is 57.0. The molecule has 1 aliphatic heterocycles. The molecule has 1 amide bonds. The van der Waals surface area contributed by atoms with E-state index in [-0.39, 0.29) is 42.9 Å². The Hall–Kier alpha value is -3.53. The molecule has 10 heteroatoms. The summed E-state index contributed by atoms with van der Waals surface area (Å²) in [6, 6.07) is 10.9. The number of aromatic nitrogens is 1. The fourth-order valence-corrected chi connectivity index (χ4v) is 3.65. The third-order valence-electron chi connectivity index (χ3n) is 5.51. The molecule has 0 atom stereocenters. The van der Waals surface area contributed by atoms with E-state index in [0.29, 0.717) is 24.6 Å². The molecule has 0 saturated carbocycles. The third kappa shape index (κ3) is 5.33. The summed E-state index contributed by atoms with van der Waals surface area (Å²) in [6.45, 7) is 2.86. The molecule has 2 aromatic carbocycles. The molecule has 0 spiro atoms. The van der Waals surface area contributed by atoms with Gasteiger partial charge >= 0.3 is 6.18 Å². The molecule has 0 saturated heterocycles. The minimum atomic E-state index is -4.48. The largest absolute Gasteiger partial charge is 0.454 e. The van der Waals surface area contributed by atoms with Gasteiger partial charge in [0.05, 0.1) is 12.1 Å². The van der Waals surface area contributed by atoms with Gasteiger partial charge in [-0.25, -0.2) is 4.98 Å². The fourth-order valence-electron chi connectivity index (χ4n) is 3.65. The number of alkyl halides is 3. The molecule has 0 unspecified atom stereocenters. The molecule has 3 aromatic rings. The van der Waals surface area contributed by atoms with Crippen molar-refractivity contribution in [3.63, 3.8) is 0 Å². The number of ether oxygens (including phenoxy) is 2. The van der Waals surface area contributed by atoms with E-state index in [1.165, 1.54) is 23.3 Å². The van der Waals surface area contributed by atoms with E-state index in [2.05, 4.69) is 4.98 Å². The molecule has 34 heavy (non-hydrogen) atoms. The van der Waals surface area contributed by atoms with Crippen LogP contribution in [0.4, 0.5) is 13.2 Å². The minimum Gasteiger partial charge on any atom is -0.454 e. The average Bonchev–Trinajstić information content (AvgIpc) is 3.47. The Morgan fingerprint density at radius 1 is 1.06 bits per heavy atom. The Balaban J connectivity index is 1.60. The molecule has 180 valence electrons. The van der Waals surface area contributed by atoms with E-state index >= 15 is 0 Å². The highest BCUT2D eigenvalue weighted by atomic mass is 19.4. The van der Waals surface area contributed by atoms with Crippen LogP contribution in [0.25, 0.3) is 0 Å². The quantitative estimate of drug-likeness (QED) is 0.470. The van der Waals surface area contributed by atoms with E-state index in [1.54, 1.807) is 30.1 Å². The molecule has 0 bridgehead atoms. The van der Waals surface area contributed by atoms with E-state index < -0.39 is 11.7 Å². The number of oxazole rings is 1. The van der Waals surface area contributed by atoms with Gasteiger partial charge in [0.2, 0.25) is 12.7 Å². The molecular formula is C24H24F3N3O4. The van der Waals surface area contributed by atoms with E-state index in [0.717, 1.165) is 11.6 Å². The highest BCUT2D eigenvalue weighted by Crippen LogP contribution is 2.34. The normalized spacial score (nSPS) is 12.9. The topological polar surface area (TPSA) is 68.0 Å². The Morgan fingerprint density at radius 2 is 1.82 bits per heavy atom. The Morgan fingerprint density at radius 3 is 2.59 bits per heavy atom. The van der Waals surface area contributed by atoms with Crippen molar-refractivity contribution >= 4 is 5.91 Å². The first kappa shape index (κ1) is 23.6. The molecule has 1 aliphatic rings. The summed E-state index contributed by atoms with van der Waals surface area (Å²) in [5.74, 6) is 1.15. The van der Waals surface area contributed by atoms with Crippen LogP contribution < -0.4 is 9.47 Å². The number of amides is 1. The number of fused-ring (bicyclic) bond motifs is 1. The number of carbonyl (C=O) groups is 1. The van der Waals surface area contributed by atoms with Crippen LogP contribution in [-0.2, 0) is 25.8 Å². The van der Waals surface area contributed by atoms with Crippen LogP contribution in [0.15, 0.2) is 53.1 Å². The van der Waals surface area contributed by atoms with Crippen LogP contribution in [0.3, 0.4) is 0 Å². The molecule has 0 N–H and O–H groups in total. The van der Waals surface area contributed by atoms with Crippen LogP contribution in [-0.4, -0.2) is 41.1 Å². The molecular weight excluding hydrogens is 451 g/mol. The summed E-state index contributed by atoms with van der Waals surface area (Å²) in [7, 11) is 1.65. The summed E-state index contributed by atoms with van der Waals surface area (Å²) in [5.41, 5.74) is 0.406. The lowest BCUT2D eigenvalue weighted by molar-refractivity contribution is -0.138. The summed E-state index contributed by atoms with van der Waals surface area (Å²) in [4.78, 5) is 19.9. The fraction of sp³-hybridized carbons (Fsp3) is 0.333. The van der Waals surface area contributed by atoms with Gasteiger partial charge in [-0.15, -0.1) is 0 Å². The van der Waals surface area contributed by atoms with Crippen LogP contribution in [0.1, 0.15) is 40.0 Å². The first-order valence-electron chi connectivity index (χ1n) is 10.7. The van der Waals surface area contributed by atoms with Crippen molar-refractivity contribution in [3.05, 3.63) is 77.0 Å². The second kappa shape index (κ2) is 9.76. The van der Waals surface area contributed by atoms with E-state index in [1.807, 2.05) is 13.0 Å². The van der Waals surface area contributed by atoms with Gasteiger partial charge in [-0.3, -0.25) is 9.69 Å². The zero-order valence-corrected chi connectivity index (χ0v) is 18.8. The number of carbonyl (C=O) groups excluding carboxylic acids is 1. The van der Waals surface area contributed by atoms with Crippen molar-refractivity contribution in [2.24, 2.45) is 0 Å². The van der Waals surface area contributed by atoms with Crippen molar-refractivity contribution in [2.75, 3.05) is 20.4 Å². The number of benzene rings is 2. The number of hydrogen-bond acceptors (Lipinski definition) is 6. The molecule has 0 aliphatic carbocycles. The molecule has 7 nitrogen and oxygen atoms in total. The number of hydrogen-bond donors (Lipinski definition) is 0. The number of rotatable bonds is 8. The van der Waals surface area contributed by atoms with Gasteiger partial charge in [0.1, 0.15) is 6.26 Å². The van der Waals surface area contributed by atoms with E-state index in [9.17, 15) is 18.0 Å². The first-order chi connectivity index (χ1) is 16.2. The zero-order chi connectivity index (χ0) is 24.3. The van der Waals surface area contributed by atoms with Gasteiger partial charge in [-0.2, -0.15) is 13.2 Å². The van der Waals surface area contributed by atoms with E-state index in [4.69, 9.17) is 13.9 Å². The maximum absolute atomic E-state index is 13.6. The van der Waals surface area contributed by atoms with Crippen LogP contribution in [0.5, 0.6) is 11.5 Å². The van der Waals surface area contributed by atoms with Gasteiger partial charge < -0.3 is 18.8 Å². The van der Waals surface area contributed by atoms with Gasteiger partial charge in [0.15, 0.2) is 17.2 Å². The van der Waals surface area contributed by atoms with Gasteiger partial charge in [-0.05, 0) is 36.2 Å². The van der Waals surface area contributed by atoms with Crippen molar-refractivity contribution in [2.45, 2.75) is 32.7 Å². The second-order valence-corrected chi connectivity index (χ2v) is 7.93. The van der Waals surface area contributed by atoms with Gasteiger partial charge in [0.25, 0.3) is 5.91 Å². The predicted octanol–water partition coefficient (Wildman–Crippen LogP) is 4.72. The van der Waals surface area contributed by atoms with Crippen LogP contribution in [0.2, 0.25) is 0 Å². The maximum atomic E-state index is 13.6. The van der Waals surface area contributed by atoms with Crippen molar-refractivity contribution in [1.29, 1.82) is 0 Å². The van der Waals surface area contributed by atoms with Gasteiger partial charge in [-0.1, -0.05) is 24.3 Å². The molecule has 0 fully saturated rings. The lowest BCUT2D eigenvalue weighted by Crippen LogP contribution is -2.27. The Kier molecular flexibility index (Phi) is 6.78. The Bertz CT molecular complexity index is 1160. The number of halogens is 3. The second-order valence-electron chi connectivity index (χ2n) is 7.93. The smallest absolute Gasteiger partial charge is 0.416 e. The summed E-state index contributed by atoms with van der Waals surface area (Å²) in [6.07, 6.45) is -3.21. The van der Waals surface area contributed by atoms with Crippen LogP contribution in [0, 0.1) is 0 Å². The first-order valence-corrected chi connectivity index (χ1v) is 10.7. The SMILES string of the molecule is CCN(C)C(=O)c1coc(CN(Cc2ccc3c(c2)OCO3)Cc2ccccc2C(F)(F)F)n1. The van der Waals surface area contributed by atoms with Crippen molar-refractivity contribution in [1.82, 2.24) is 14.8 Å². The lowest BCUT2D eigenvalue weighted by Gasteiger charge is -2.23. The highest BCUT2D eigenvalue weighted by molar-refractivity contribution is 5.91. The standard InChI is InChI=1S/C24H24F3N3O4/c1-3-29(2)23(31)19-14-32-22(28-19)13-30(11-16-8-9-20-21(10-16)34-15-33-20)12-17-6-4-5-7-18(17)24(25,26)27/h4-10,14H,3,11-13,15H2,1-2H3. The molecule has 0 radical (unpaired) electrons. The predicted molar refractivity (Wildman–Crippen MR) is 116 cm³/mol. The molecule has 4 rings (SSSR count). The summed E-state index contributed by atoms with van der Waals surface area (Å²) >= 11 is 0. The Labute approximate surface area is 194 Å². The summed E-state index contributed by atoms with van der Waals surface area (Å²) in [5, 5.41) is 0. The lowest BCUT2D eigenvalue weighted by atomic mass is 10.1. The minimum absolute atomic E-state index is 0.00928. The number of nitrogens with zero attached hydrogens (tertiary/aromatic N) is 3. The monoisotopic (exact) mass is 475 g/mol. The zero-order valence-electron chi connectivity index (χ0n) is 18.8. The van der Waals surface area contributed by atoms with Gasteiger partial charge in [0, 0.05) is 26.7 Å². The molecule has 2 heterocycles. The third-order valence-corrected chi connectivity index (χ3v) is 5.51. The van der Waals surface area contributed by atoms with Crippen molar-refractivity contribution < 1.29 is 31.9 Å². The maximum Gasteiger partial charge on any atom is 0.416 e. The highest BCUT2D eigenvalue weighted by Gasteiger charge is 2.33. The molecule has 1 aromatic heterocycles. The average molecular weight is 475 g/mol. The van der Waals surface area contributed by atoms with Crippen LogP contribution >= 0.6 is 0 Å². The van der Waals surface area contributed by atoms with Crippen molar-refractivity contribution in [3.8, 4) is 11.5 Å².